The van der Waals surface area contributed by atoms with Crippen molar-refractivity contribution in [3.63, 3.8) is 0 Å². The SMILES string of the molecule is O=C(C(=C1CCCCC1)c1ccccc1)c1ccccc1. The van der Waals surface area contributed by atoms with Crippen molar-refractivity contribution in [1.82, 2.24) is 0 Å². The third kappa shape index (κ3) is 3.13. The Balaban J connectivity index is 2.07. The number of carbonyl (C=O) groups excluding carboxylic acids is 1. The van der Waals surface area contributed by atoms with Crippen molar-refractivity contribution in [1.29, 1.82) is 0 Å². The van der Waals surface area contributed by atoms with Crippen molar-refractivity contribution >= 4 is 11.4 Å². The normalized spacial score (nSPS) is 14.8. The van der Waals surface area contributed by atoms with Gasteiger partial charge in [0.2, 0.25) is 0 Å². The number of carbonyl (C=O) groups is 1. The second-order valence-corrected chi connectivity index (χ2v) is 5.60. The van der Waals surface area contributed by atoms with Gasteiger partial charge in [-0.3, -0.25) is 4.79 Å². The lowest BCUT2D eigenvalue weighted by Gasteiger charge is -2.19. The van der Waals surface area contributed by atoms with Crippen molar-refractivity contribution in [3.05, 3.63) is 77.4 Å². The molecule has 2 aromatic rings. The van der Waals surface area contributed by atoms with Crippen molar-refractivity contribution in [2.75, 3.05) is 0 Å². The van der Waals surface area contributed by atoms with Crippen LogP contribution in [0.4, 0.5) is 0 Å². The van der Waals surface area contributed by atoms with Gasteiger partial charge in [0.1, 0.15) is 0 Å². The smallest absolute Gasteiger partial charge is 0.193 e. The monoisotopic (exact) mass is 276 g/mol. The first-order valence-electron chi connectivity index (χ1n) is 7.73. The highest BCUT2D eigenvalue weighted by Gasteiger charge is 2.20. The zero-order valence-electron chi connectivity index (χ0n) is 12.2. The lowest BCUT2D eigenvalue weighted by Crippen LogP contribution is -2.08. The van der Waals surface area contributed by atoms with Gasteiger partial charge in [0.15, 0.2) is 5.78 Å². The van der Waals surface area contributed by atoms with Gasteiger partial charge in [-0.15, -0.1) is 0 Å². The van der Waals surface area contributed by atoms with Crippen LogP contribution in [0, 0.1) is 0 Å². The van der Waals surface area contributed by atoms with Crippen molar-refractivity contribution in [3.8, 4) is 0 Å². The molecule has 0 unspecified atom stereocenters. The Hall–Kier alpha value is -2.15. The van der Waals surface area contributed by atoms with Gasteiger partial charge in [-0.1, -0.05) is 72.7 Å². The maximum atomic E-state index is 13.0. The van der Waals surface area contributed by atoms with Crippen molar-refractivity contribution < 1.29 is 4.79 Å². The summed E-state index contributed by atoms with van der Waals surface area (Å²) < 4.78 is 0. The number of ketones is 1. The number of hydrogen-bond acceptors (Lipinski definition) is 1. The molecule has 0 bridgehead atoms. The highest BCUT2D eigenvalue weighted by atomic mass is 16.1. The second-order valence-electron chi connectivity index (χ2n) is 5.60. The Labute approximate surface area is 126 Å². The van der Waals surface area contributed by atoms with Crippen LogP contribution >= 0.6 is 0 Å². The summed E-state index contributed by atoms with van der Waals surface area (Å²) in [7, 11) is 0. The van der Waals surface area contributed by atoms with E-state index in [4.69, 9.17) is 0 Å². The summed E-state index contributed by atoms with van der Waals surface area (Å²) in [5, 5.41) is 0. The van der Waals surface area contributed by atoms with E-state index >= 15 is 0 Å². The molecule has 0 aromatic heterocycles. The van der Waals surface area contributed by atoms with E-state index < -0.39 is 0 Å². The summed E-state index contributed by atoms with van der Waals surface area (Å²) in [5.41, 5.74) is 4.11. The molecule has 0 radical (unpaired) electrons. The van der Waals surface area contributed by atoms with Crippen LogP contribution in [0.5, 0.6) is 0 Å². The molecule has 0 spiro atoms. The van der Waals surface area contributed by atoms with Crippen LogP contribution in [0.15, 0.2) is 66.2 Å². The van der Waals surface area contributed by atoms with Gasteiger partial charge in [0.05, 0.1) is 0 Å². The molecule has 0 atom stereocenters. The van der Waals surface area contributed by atoms with E-state index in [0.717, 1.165) is 29.5 Å². The summed E-state index contributed by atoms with van der Waals surface area (Å²) in [6.45, 7) is 0. The molecular weight excluding hydrogens is 256 g/mol. The molecule has 21 heavy (non-hydrogen) atoms. The number of allylic oxidation sites excluding steroid dienone is 2. The van der Waals surface area contributed by atoms with Gasteiger partial charge in [-0.2, -0.15) is 0 Å². The van der Waals surface area contributed by atoms with E-state index in [1.165, 1.54) is 24.8 Å². The molecule has 2 aromatic carbocycles. The molecule has 0 N–H and O–H groups in total. The minimum absolute atomic E-state index is 0.165. The number of rotatable bonds is 3. The molecule has 0 saturated heterocycles. The maximum absolute atomic E-state index is 13.0. The van der Waals surface area contributed by atoms with Gasteiger partial charge >= 0.3 is 0 Å². The number of benzene rings is 2. The fraction of sp³-hybridized carbons (Fsp3) is 0.250. The summed E-state index contributed by atoms with van der Waals surface area (Å²) in [6, 6.07) is 19.8. The first kappa shape index (κ1) is 13.8. The predicted molar refractivity (Wildman–Crippen MR) is 87.2 cm³/mol. The number of Topliss-reactive ketones (excluding diaryl/α,β-unsaturated/α-hetero) is 1. The van der Waals surface area contributed by atoms with Crippen LogP contribution in [0.25, 0.3) is 5.57 Å². The second kappa shape index (κ2) is 6.53. The zero-order valence-corrected chi connectivity index (χ0v) is 12.2. The molecule has 106 valence electrons. The fourth-order valence-electron chi connectivity index (χ4n) is 3.06. The molecule has 1 aliphatic rings. The topological polar surface area (TPSA) is 17.1 Å². The number of hydrogen-bond donors (Lipinski definition) is 0. The van der Waals surface area contributed by atoms with Crippen LogP contribution in [-0.2, 0) is 0 Å². The molecule has 1 saturated carbocycles. The van der Waals surface area contributed by atoms with Crippen LogP contribution in [0.2, 0.25) is 0 Å². The fourth-order valence-corrected chi connectivity index (χ4v) is 3.06. The predicted octanol–water partition coefficient (Wildman–Crippen LogP) is 5.29. The molecule has 0 heterocycles. The van der Waals surface area contributed by atoms with E-state index in [1.54, 1.807) is 0 Å². The minimum Gasteiger partial charge on any atom is -0.289 e. The lowest BCUT2D eigenvalue weighted by molar-refractivity contribution is 0.105. The Morgan fingerprint density at radius 3 is 1.76 bits per heavy atom. The Morgan fingerprint density at radius 1 is 0.667 bits per heavy atom. The first-order valence-corrected chi connectivity index (χ1v) is 7.73. The lowest BCUT2D eigenvalue weighted by atomic mass is 9.85. The summed E-state index contributed by atoms with van der Waals surface area (Å²) in [5.74, 6) is 0.165. The minimum atomic E-state index is 0.165. The Bertz CT molecular complexity index is 630. The summed E-state index contributed by atoms with van der Waals surface area (Å²) in [6.07, 6.45) is 5.80. The van der Waals surface area contributed by atoms with Gasteiger partial charge in [0.25, 0.3) is 0 Å². The highest BCUT2D eigenvalue weighted by Crippen LogP contribution is 2.32. The largest absolute Gasteiger partial charge is 0.289 e. The molecule has 3 rings (SSSR count). The maximum Gasteiger partial charge on any atom is 0.193 e. The van der Waals surface area contributed by atoms with Gasteiger partial charge in [-0.05, 0) is 31.2 Å². The summed E-state index contributed by atoms with van der Waals surface area (Å²) >= 11 is 0. The van der Waals surface area contributed by atoms with Gasteiger partial charge in [-0.25, -0.2) is 0 Å². The van der Waals surface area contributed by atoms with E-state index in [2.05, 4.69) is 12.1 Å². The molecule has 1 nitrogen and oxygen atoms in total. The van der Waals surface area contributed by atoms with E-state index in [1.807, 2.05) is 48.5 Å². The van der Waals surface area contributed by atoms with Crippen LogP contribution in [-0.4, -0.2) is 5.78 Å². The van der Waals surface area contributed by atoms with Crippen molar-refractivity contribution in [2.24, 2.45) is 0 Å². The third-order valence-corrected chi connectivity index (χ3v) is 4.14. The van der Waals surface area contributed by atoms with E-state index in [0.29, 0.717) is 0 Å². The molecule has 0 amide bonds. The van der Waals surface area contributed by atoms with Gasteiger partial charge in [0, 0.05) is 11.1 Å². The first-order chi connectivity index (χ1) is 10.4. The van der Waals surface area contributed by atoms with Crippen molar-refractivity contribution in [2.45, 2.75) is 32.1 Å². The van der Waals surface area contributed by atoms with Crippen LogP contribution in [0.1, 0.15) is 48.0 Å². The standard InChI is InChI=1S/C20H20O/c21-20(18-14-8-3-9-15-18)19(16-10-4-1-5-11-16)17-12-6-2-7-13-17/h1,3-5,8-11,14-15H,2,6-7,12-13H2. The molecule has 0 aliphatic heterocycles. The van der Waals surface area contributed by atoms with Gasteiger partial charge < -0.3 is 0 Å². The Kier molecular flexibility index (Phi) is 4.30. The molecule has 1 fully saturated rings. The van der Waals surface area contributed by atoms with Crippen LogP contribution < -0.4 is 0 Å². The zero-order chi connectivity index (χ0) is 14.5. The molecular formula is C20H20O. The molecule has 1 heteroatoms. The van der Waals surface area contributed by atoms with E-state index in [-0.39, 0.29) is 5.78 Å². The van der Waals surface area contributed by atoms with E-state index in [9.17, 15) is 4.79 Å². The Morgan fingerprint density at radius 2 is 1.19 bits per heavy atom. The average molecular weight is 276 g/mol. The highest BCUT2D eigenvalue weighted by molar-refractivity contribution is 6.29. The van der Waals surface area contributed by atoms with Crippen LogP contribution in [0.3, 0.4) is 0 Å². The molecule has 1 aliphatic carbocycles. The summed E-state index contributed by atoms with van der Waals surface area (Å²) in [4.78, 5) is 13.0. The quantitative estimate of drug-likeness (QED) is 0.550. The third-order valence-electron chi connectivity index (χ3n) is 4.14. The average Bonchev–Trinajstić information content (AvgIpc) is 2.58.